The van der Waals surface area contributed by atoms with Crippen LogP contribution in [0, 0.1) is 5.82 Å². The Balaban J connectivity index is 0.00000312. The van der Waals surface area contributed by atoms with E-state index >= 15 is 0 Å². The Hall–Kier alpha value is -1.39. The van der Waals surface area contributed by atoms with Crippen LogP contribution in [0.25, 0.3) is 0 Å². The second-order valence-electron chi connectivity index (χ2n) is 5.66. The number of sulfone groups is 1. The molecule has 1 aliphatic heterocycles. The quantitative estimate of drug-likeness (QED) is 0.758. The maximum absolute atomic E-state index is 13.3. The molecule has 1 fully saturated rings. The Morgan fingerprint density at radius 1 is 1.24 bits per heavy atom. The minimum atomic E-state index is -4.92. The molecule has 1 aromatic rings. The van der Waals surface area contributed by atoms with E-state index in [9.17, 15) is 30.8 Å². The fraction of sp³-hybridized carbons (Fsp3) is 0.500. The number of alkyl halides is 3. The van der Waals surface area contributed by atoms with Gasteiger partial charge in [0.05, 0.1) is 5.56 Å². The van der Waals surface area contributed by atoms with Gasteiger partial charge in [0, 0.05) is 11.9 Å². The van der Waals surface area contributed by atoms with Crippen molar-refractivity contribution in [2.75, 3.05) is 24.7 Å². The van der Waals surface area contributed by atoms with Crippen molar-refractivity contribution in [2.45, 2.75) is 23.8 Å². The van der Waals surface area contributed by atoms with E-state index in [1.807, 2.05) is 0 Å². The number of rotatable bonds is 3. The molecule has 1 heterocycles. The highest BCUT2D eigenvalue weighted by Gasteiger charge is 2.48. The van der Waals surface area contributed by atoms with E-state index in [2.05, 4.69) is 10.6 Å². The third kappa shape index (κ3) is 4.42. The summed E-state index contributed by atoms with van der Waals surface area (Å²) in [6.07, 6.45) is -3.99. The van der Waals surface area contributed by atoms with E-state index in [1.165, 1.54) is 0 Å². The SMILES string of the molecule is CS(=O)(=O)C1(C(=O)Nc2ccc(F)c(C(F)(F)F)c2)CCNCC1.Cl. The maximum Gasteiger partial charge on any atom is 0.419 e. The standard InChI is InChI=1S/C14H16F4N2O3S.ClH/c1-24(22,23)13(4-6-19-7-5-13)12(21)20-9-2-3-11(15)10(8-9)14(16,17)18;/h2-3,8,19H,4-7H2,1H3,(H,20,21);1H. The maximum atomic E-state index is 13.3. The highest BCUT2D eigenvalue weighted by Crippen LogP contribution is 2.34. The van der Waals surface area contributed by atoms with Gasteiger partial charge in [-0.25, -0.2) is 12.8 Å². The molecule has 0 bridgehead atoms. The van der Waals surface area contributed by atoms with Crippen LogP contribution in [0.15, 0.2) is 18.2 Å². The predicted octanol–water partition coefficient (Wildman–Crippen LogP) is 2.37. The van der Waals surface area contributed by atoms with Crippen molar-refractivity contribution in [1.29, 1.82) is 0 Å². The van der Waals surface area contributed by atoms with Crippen LogP contribution < -0.4 is 10.6 Å². The predicted molar refractivity (Wildman–Crippen MR) is 87.0 cm³/mol. The molecule has 11 heteroatoms. The van der Waals surface area contributed by atoms with E-state index in [0.717, 1.165) is 12.3 Å². The minimum absolute atomic E-state index is 0. The number of halogens is 5. The van der Waals surface area contributed by atoms with Gasteiger partial charge in [0.15, 0.2) is 14.6 Å². The first kappa shape index (κ1) is 21.7. The molecule has 0 spiro atoms. The molecule has 5 nitrogen and oxygen atoms in total. The molecule has 2 N–H and O–H groups in total. The van der Waals surface area contributed by atoms with E-state index in [-0.39, 0.29) is 44.0 Å². The van der Waals surface area contributed by atoms with E-state index in [0.29, 0.717) is 12.1 Å². The summed E-state index contributed by atoms with van der Waals surface area (Å²) in [4.78, 5) is 12.5. The Bertz CT molecular complexity index is 747. The monoisotopic (exact) mass is 404 g/mol. The molecule has 0 radical (unpaired) electrons. The van der Waals surface area contributed by atoms with Crippen LogP contribution in [0.3, 0.4) is 0 Å². The second kappa shape index (κ2) is 7.46. The Kier molecular flexibility index (Phi) is 6.47. The molecule has 142 valence electrons. The molecule has 1 amide bonds. The van der Waals surface area contributed by atoms with Crippen LogP contribution in [-0.2, 0) is 20.8 Å². The molecule has 2 rings (SSSR count). The van der Waals surface area contributed by atoms with Gasteiger partial charge in [0.2, 0.25) is 5.91 Å². The van der Waals surface area contributed by atoms with Gasteiger partial charge in [-0.1, -0.05) is 0 Å². The van der Waals surface area contributed by atoms with E-state index in [1.54, 1.807) is 0 Å². The molecular formula is C14H17ClF4N2O3S. The number of amides is 1. The molecule has 1 aromatic carbocycles. The van der Waals surface area contributed by atoms with Crippen molar-refractivity contribution >= 4 is 33.8 Å². The van der Waals surface area contributed by atoms with Crippen molar-refractivity contribution in [1.82, 2.24) is 5.32 Å². The average molecular weight is 405 g/mol. The second-order valence-corrected chi connectivity index (χ2v) is 7.99. The lowest BCUT2D eigenvalue weighted by atomic mass is 9.95. The number of piperidine rings is 1. The van der Waals surface area contributed by atoms with Gasteiger partial charge in [-0.05, 0) is 44.1 Å². The summed E-state index contributed by atoms with van der Waals surface area (Å²) < 4.78 is 73.9. The summed E-state index contributed by atoms with van der Waals surface area (Å²) in [6, 6.07) is 1.98. The van der Waals surface area contributed by atoms with Crippen LogP contribution in [0.5, 0.6) is 0 Å². The molecular weight excluding hydrogens is 388 g/mol. The van der Waals surface area contributed by atoms with E-state index < -0.39 is 38.0 Å². The first-order chi connectivity index (χ1) is 11.0. The van der Waals surface area contributed by atoms with Crippen LogP contribution in [0.4, 0.5) is 23.2 Å². The number of benzene rings is 1. The van der Waals surface area contributed by atoms with Crippen LogP contribution in [0.1, 0.15) is 18.4 Å². The highest BCUT2D eigenvalue weighted by atomic mass is 35.5. The zero-order valence-electron chi connectivity index (χ0n) is 13.1. The molecule has 0 aliphatic carbocycles. The lowest BCUT2D eigenvalue weighted by Crippen LogP contribution is -2.55. The van der Waals surface area contributed by atoms with Gasteiger partial charge in [0.1, 0.15) is 5.82 Å². The number of carbonyl (C=O) groups excluding carboxylic acids is 1. The topological polar surface area (TPSA) is 75.3 Å². The van der Waals surface area contributed by atoms with Crippen molar-refractivity contribution in [3.05, 3.63) is 29.6 Å². The van der Waals surface area contributed by atoms with Gasteiger partial charge in [0.25, 0.3) is 0 Å². The molecule has 0 unspecified atom stereocenters. The van der Waals surface area contributed by atoms with E-state index in [4.69, 9.17) is 0 Å². The minimum Gasteiger partial charge on any atom is -0.325 e. The van der Waals surface area contributed by atoms with Gasteiger partial charge < -0.3 is 10.6 Å². The summed E-state index contributed by atoms with van der Waals surface area (Å²) in [7, 11) is -3.80. The molecule has 1 aliphatic rings. The van der Waals surface area contributed by atoms with Crippen LogP contribution in [0.2, 0.25) is 0 Å². The first-order valence-electron chi connectivity index (χ1n) is 7.06. The van der Waals surface area contributed by atoms with Gasteiger partial charge in [-0.3, -0.25) is 4.79 Å². The molecule has 0 atom stereocenters. The Morgan fingerprint density at radius 2 is 1.80 bits per heavy atom. The number of hydrogen-bond acceptors (Lipinski definition) is 4. The molecule has 1 saturated heterocycles. The fourth-order valence-electron chi connectivity index (χ4n) is 2.66. The summed E-state index contributed by atoms with van der Waals surface area (Å²) in [5.74, 6) is -2.38. The highest BCUT2D eigenvalue weighted by molar-refractivity contribution is 7.92. The lowest BCUT2D eigenvalue weighted by molar-refractivity contribution is -0.140. The first-order valence-corrected chi connectivity index (χ1v) is 8.95. The normalized spacial score (nSPS) is 17.5. The third-order valence-corrected chi connectivity index (χ3v) is 6.08. The zero-order chi connectivity index (χ0) is 18.2. The number of anilines is 1. The largest absolute Gasteiger partial charge is 0.419 e. The number of nitrogens with one attached hydrogen (secondary N) is 2. The average Bonchev–Trinajstić information content (AvgIpc) is 2.47. The number of hydrogen-bond donors (Lipinski definition) is 2. The molecule has 25 heavy (non-hydrogen) atoms. The van der Waals surface area contributed by atoms with Crippen molar-refractivity contribution in [2.24, 2.45) is 0 Å². The van der Waals surface area contributed by atoms with Crippen LogP contribution in [-0.4, -0.2) is 38.4 Å². The summed E-state index contributed by atoms with van der Waals surface area (Å²) in [5, 5.41) is 5.11. The smallest absolute Gasteiger partial charge is 0.325 e. The summed E-state index contributed by atoms with van der Waals surface area (Å²) in [5.41, 5.74) is -1.84. The molecule has 0 aromatic heterocycles. The summed E-state index contributed by atoms with van der Waals surface area (Å²) >= 11 is 0. The van der Waals surface area contributed by atoms with Crippen molar-refractivity contribution in [3.63, 3.8) is 0 Å². The van der Waals surface area contributed by atoms with Crippen LogP contribution >= 0.6 is 12.4 Å². The van der Waals surface area contributed by atoms with Gasteiger partial charge in [-0.15, -0.1) is 12.4 Å². The fourth-order valence-corrected chi connectivity index (χ4v) is 4.00. The Morgan fingerprint density at radius 3 is 2.28 bits per heavy atom. The third-order valence-electron chi connectivity index (χ3n) is 4.06. The summed E-state index contributed by atoms with van der Waals surface area (Å²) in [6.45, 7) is 0.579. The Labute approximate surface area is 148 Å². The molecule has 0 saturated carbocycles. The number of carbonyl (C=O) groups is 1. The van der Waals surface area contributed by atoms with Crippen molar-refractivity contribution in [3.8, 4) is 0 Å². The zero-order valence-corrected chi connectivity index (χ0v) is 14.7. The van der Waals surface area contributed by atoms with Crippen molar-refractivity contribution < 1.29 is 30.8 Å². The van der Waals surface area contributed by atoms with Gasteiger partial charge >= 0.3 is 6.18 Å². The van der Waals surface area contributed by atoms with Gasteiger partial charge in [-0.2, -0.15) is 13.2 Å². The lowest BCUT2D eigenvalue weighted by Gasteiger charge is -2.34.